The van der Waals surface area contributed by atoms with Gasteiger partial charge in [0.05, 0.1) is 5.75 Å². The Hall–Kier alpha value is -1.49. The second-order valence-electron chi connectivity index (χ2n) is 4.25. The Kier molecular flexibility index (Phi) is 3.91. The molecule has 5 heteroatoms. The lowest BCUT2D eigenvalue weighted by Crippen LogP contribution is -2.33. The smallest absolute Gasteiger partial charge is 0.313 e. The van der Waals surface area contributed by atoms with Crippen molar-refractivity contribution < 1.29 is 14.7 Å². The van der Waals surface area contributed by atoms with Crippen molar-refractivity contribution in [3.63, 3.8) is 0 Å². The highest BCUT2D eigenvalue weighted by Gasteiger charge is 2.19. The summed E-state index contributed by atoms with van der Waals surface area (Å²) < 4.78 is 0. The molecular formula is C13H15NO3S. The molecule has 0 aliphatic carbocycles. The molecule has 0 saturated heterocycles. The van der Waals surface area contributed by atoms with Crippen LogP contribution >= 0.6 is 11.8 Å². The quantitative estimate of drug-likeness (QED) is 0.851. The fourth-order valence-corrected chi connectivity index (χ4v) is 2.82. The highest BCUT2D eigenvalue weighted by atomic mass is 32.2. The minimum atomic E-state index is -0.817. The molecule has 2 rings (SSSR count). The molecule has 0 bridgehead atoms. The molecule has 0 spiro atoms. The Bertz CT molecular complexity index is 487. The van der Waals surface area contributed by atoms with Crippen molar-refractivity contribution in [1.82, 2.24) is 0 Å². The van der Waals surface area contributed by atoms with Gasteiger partial charge in [-0.3, -0.25) is 9.59 Å². The van der Waals surface area contributed by atoms with Crippen LogP contribution in [0.2, 0.25) is 0 Å². The highest BCUT2D eigenvalue weighted by Crippen LogP contribution is 2.31. The van der Waals surface area contributed by atoms with Gasteiger partial charge in [0, 0.05) is 24.1 Å². The molecule has 0 radical (unpaired) electrons. The Morgan fingerprint density at radius 1 is 1.44 bits per heavy atom. The molecule has 4 nitrogen and oxygen atoms in total. The van der Waals surface area contributed by atoms with Crippen LogP contribution in [0.3, 0.4) is 0 Å². The fourth-order valence-electron chi connectivity index (χ4n) is 2.14. The number of thioether (sulfide) groups is 1. The Balaban J connectivity index is 2.21. The van der Waals surface area contributed by atoms with Crippen LogP contribution in [-0.4, -0.2) is 29.3 Å². The lowest BCUT2D eigenvalue weighted by molar-refractivity contribution is -0.133. The van der Waals surface area contributed by atoms with E-state index in [1.54, 1.807) is 11.8 Å². The normalized spacial score (nSPS) is 14.2. The summed E-state index contributed by atoms with van der Waals surface area (Å²) in [6, 6.07) is 5.80. The van der Waals surface area contributed by atoms with E-state index < -0.39 is 5.97 Å². The summed E-state index contributed by atoms with van der Waals surface area (Å²) in [6.07, 6.45) is 1.90. The molecule has 0 fully saturated rings. The van der Waals surface area contributed by atoms with Gasteiger partial charge in [0.2, 0.25) is 5.91 Å². The number of rotatable bonds is 3. The topological polar surface area (TPSA) is 57.6 Å². The van der Waals surface area contributed by atoms with Crippen LogP contribution in [0.1, 0.15) is 18.9 Å². The number of carbonyl (C=O) groups excluding carboxylic acids is 1. The third kappa shape index (κ3) is 2.85. The van der Waals surface area contributed by atoms with E-state index in [2.05, 4.69) is 0 Å². The number of carbonyl (C=O) groups is 2. The van der Waals surface area contributed by atoms with Gasteiger partial charge in [-0.2, -0.15) is 0 Å². The molecule has 1 amide bonds. The largest absolute Gasteiger partial charge is 0.481 e. The molecule has 1 aromatic carbocycles. The van der Waals surface area contributed by atoms with Gasteiger partial charge in [0.1, 0.15) is 0 Å². The van der Waals surface area contributed by atoms with E-state index in [1.165, 1.54) is 11.8 Å². The molecule has 96 valence electrons. The molecule has 1 heterocycles. The fraction of sp³-hybridized carbons (Fsp3) is 0.385. The lowest BCUT2D eigenvalue weighted by Gasteiger charge is -2.28. The van der Waals surface area contributed by atoms with Crippen LogP contribution in [0.15, 0.2) is 23.1 Å². The first-order valence-electron chi connectivity index (χ1n) is 5.83. The van der Waals surface area contributed by atoms with E-state index in [-0.39, 0.29) is 11.7 Å². The first-order valence-corrected chi connectivity index (χ1v) is 6.82. The molecule has 1 aliphatic heterocycles. The number of carboxylic acids is 1. The zero-order chi connectivity index (χ0) is 13.1. The van der Waals surface area contributed by atoms with Crippen molar-refractivity contribution >= 4 is 29.3 Å². The molecule has 0 aromatic heterocycles. The summed E-state index contributed by atoms with van der Waals surface area (Å²) in [6.45, 7) is 2.34. The Morgan fingerprint density at radius 2 is 2.22 bits per heavy atom. The molecule has 0 atom stereocenters. The summed E-state index contributed by atoms with van der Waals surface area (Å²) in [4.78, 5) is 24.8. The van der Waals surface area contributed by atoms with Crippen molar-refractivity contribution in [2.45, 2.75) is 24.7 Å². The Morgan fingerprint density at radius 3 is 2.89 bits per heavy atom. The number of carboxylic acid groups (broad SMARTS) is 1. The maximum absolute atomic E-state index is 11.5. The molecule has 18 heavy (non-hydrogen) atoms. The van der Waals surface area contributed by atoms with Crippen LogP contribution in [0.5, 0.6) is 0 Å². The van der Waals surface area contributed by atoms with E-state index in [0.29, 0.717) is 0 Å². The number of aryl methyl sites for hydroxylation is 1. The van der Waals surface area contributed by atoms with Crippen molar-refractivity contribution in [3.05, 3.63) is 23.8 Å². The SMILES string of the molecule is CC(=O)N1CCCc2cc(SCC(=O)O)ccc21. The molecule has 1 aliphatic rings. The third-order valence-electron chi connectivity index (χ3n) is 2.91. The number of anilines is 1. The third-order valence-corrected chi connectivity index (χ3v) is 3.89. The predicted molar refractivity (Wildman–Crippen MR) is 71.1 cm³/mol. The molecular weight excluding hydrogens is 250 g/mol. The number of hydrogen-bond donors (Lipinski definition) is 1. The maximum Gasteiger partial charge on any atom is 0.313 e. The van der Waals surface area contributed by atoms with E-state index in [9.17, 15) is 9.59 Å². The zero-order valence-electron chi connectivity index (χ0n) is 10.2. The Labute approximate surface area is 110 Å². The van der Waals surface area contributed by atoms with Crippen LogP contribution in [-0.2, 0) is 16.0 Å². The number of aliphatic carboxylic acids is 1. The van der Waals surface area contributed by atoms with Crippen LogP contribution in [0.4, 0.5) is 5.69 Å². The molecule has 1 aromatic rings. The second-order valence-corrected chi connectivity index (χ2v) is 5.30. The van der Waals surface area contributed by atoms with Crippen molar-refractivity contribution in [1.29, 1.82) is 0 Å². The van der Waals surface area contributed by atoms with Gasteiger partial charge in [0.15, 0.2) is 0 Å². The van der Waals surface area contributed by atoms with Crippen molar-refractivity contribution in [3.8, 4) is 0 Å². The zero-order valence-corrected chi connectivity index (χ0v) is 11.0. The highest BCUT2D eigenvalue weighted by molar-refractivity contribution is 8.00. The van der Waals surface area contributed by atoms with E-state index in [1.807, 2.05) is 18.2 Å². The predicted octanol–water partition coefficient (Wildman–Crippen LogP) is 2.16. The van der Waals surface area contributed by atoms with Crippen LogP contribution in [0.25, 0.3) is 0 Å². The number of benzene rings is 1. The first-order chi connectivity index (χ1) is 8.58. The number of nitrogens with zero attached hydrogens (tertiary/aromatic N) is 1. The van der Waals surface area contributed by atoms with Gasteiger partial charge in [-0.05, 0) is 36.6 Å². The summed E-state index contributed by atoms with van der Waals surface area (Å²) >= 11 is 1.31. The van der Waals surface area contributed by atoms with E-state index in [0.717, 1.165) is 35.5 Å². The average Bonchev–Trinajstić information content (AvgIpc) is 2.35. The second kappa shape index (κ2) is 5.44. The minimum Gasteiger partial charge on any atom is -0.481 e. The number of hydrogen-bond acceptors (Lipinski definition) is 3. The van der Waals surface area contributed by atoms with Crippen molar-refractivity contribution in [2.24, 2.45) is 0 Å². The summed E-state index contributed by atoms with van der Waals surface area (Å²) in [5, 5.41) is 8.65. The summed E-state index contributed by atoms with van der Waals surface area (Å²) in [5.74, 6) is -0.695. The lowest BCUT2D eigenvalue weighted by atomic mass is 10.0. The van der Waals surface area contributed by atoms with E-state index in [4.69, 9.17) is 5.11 Å². The van der Waals surface area contributed by atoms with Crippen LogP contribution in [0, 0.1) is 0 Å². The molecule has 1 N–H and O–H groups in total. The first kappa shape index (κ1) is 13.0. The van der Waals surface area contributed by atoms with E-state index >= 15 is 0 Å². The number of amides is 1. The minimum absolute atomic E-state index is 0.0573. The monoisotopic (exact) mass is 265 g/mol. The molecule has 0 unspecified atom stereocenters. The van der Waals surface area contributed by atoms with Crippen LogP contribution < -0.4 is 4.90 Å². The standard InChI is InChI=1S/C13H15NO3S/c1-9(15)14-6-2-3-10-7-11(4-5-12(10)14)18-8-13(16)17/h4-5,7H,2-3,6,8H2,1H3,(H,16,17). The average molecular weight is 265 g/mol. The van der Waals surface area contributed by atoms with Gasteiger partial charge >= 0.3 is 5.97 Å². The van der Waals surface area contributed by atoms with Gasteiger partial charge < -0.3 is 10.0 Å². The van der Waals surface area contributed by atoms with Gasteiger partial charge in [-0.1, -0.05) is 0 Å². The maximum atomic E-state index is 11.5. The van der Waals surface area contributed by atoms with Crippen molar-refractivity contribution in [2.75, 3.05) is 17.2 Å². The summed E-state index contributed by atoms with van der Waals surface area (Å²) in [5.41, 5.74) is 2.10. The van der Waals surface area contributed by atoms with Gasteiger partial charge in [-0.25, -0.2) is 0 Å². The summed E-state index contributed by atoms with van der Waals surface area (Å²) in [7, 11) is 0. The number of fused-ring (bicyclic) bond motifs is 1. The van der Waals surface area contributed by atoms with Gasteiger partial charge in [0.25, 0.3) is 0 Å². The van der Waals surface area contributed by atoms with Gasteiger partial charge in [-0.15, -0.1) is 11.8 Å². The molecule has 0 saturated carbocycles.